The fourth-order valence-electron chi connectivity index (χ4n) is 4.28. The Hall–Kier alpha value is -1.14. The molecule has 0 aliphatic carbocycles. The molecular weight excluding hydrogens is 306 g/mol. The van der Waals surface area contributed by atoms with Gasteiger partial charge in [0.25, 0.3) is 0 Å². The number of ether oxygens (including phenoxy) is 3. The average Bonchev–Trinajstić information content (AvgIpc) is 2.84. The third-order valence-electron chi connectivity index (χ3n) is 5.70. The van der Waals surface area contributed by atoms with Gasteiger partial charge >= 0.3 is 0 Å². The highest BCUT2D eigenvalue weighted by atomic mass is 16.5. The molecule has 24 heavy (non-hydrogen) atoms. The van der Waals surface area contributed by atoms with Crippen LogP contribution in [0.4, 0.5) is 0 Å². The second-order valence-corrected chi connectivity index (χ2v) is 7.21. The molecule has 3 aliphatic rings. The van der Waals surface area contributed by atoms with Gasteiger partial charge in [-0.25, -0.2) is 0 Å². The van der Waals surface area contributed by atoms with E-state index in [1.54, 1.807) is 0 Å². The van der Waals surface area contributed by atoms with E-state index in [0.717, 1.165) is 76.5 Å². The van der Waals surface area contributed by atoms with Gasteiger partial charge in [-0.05, 0) is 43.4 Å². The summed E-state index contributed by atoms with van der Waals surface area (Å²) >= 11 is 0. The molecule has 0 amide bonds. The van der Waals surface area contributed by atoms with Crippen molar-refractivity contribution in [3.05, 3.63) is 29.3 Å². The first-order valence-electron chi connectivity index (χ1n) is 9.09. The maximum atomic E-state index is 9.41. The number of rotatable bonds is 2. The third-order valence-corrected chi connectivity index (χ3v) is 5.70. The number of hydrogen-bond donors (Lipinski definition) is 1. The van der Waals surface area contributed by atoms with Gasteiger partial charge in [0.2, 0.25) is 0 Å². The van der Waals surface area contributed by atoms with Gasteiger partial charge in [0, 0.05) is 44.5 Å². The lowest BCUT2D eigenvalue weighted by molar-refractivity contribution is -0.152. The summed E-state index contributed by atoms with van der Waals surface area (Å²) in [7, 11) is 0. The van der Waals surface area contributed by atoms with Crippen LogP contribution in [0.25, 0.3) is 0 Å². The van der Waals surface area contributed by atoms with Crippen molar-refractivity contribution in [1.29, 1.82) is 0 Å². The quantitative estimate of drug-likeness (QED) is 0.898. The van der Waals surface area contributed by atoms with Gasteiger partial charge in [0.05, 0.1) is 12.2 Å². The zero-order valence-electron chi connectivity index (χ0n) is 14.2. The van der Waals surface area contributed by atoms with Crippen LogP contribution in [-0.4, -0.2) is 54.6 Å². The predicted molar refractivity (Wildman–Crippen MR) is 90.0 cm³/mol. The first-order chi connectivity index (χ1) is 11.8. The molecule has 1 atom stereocenters. The van der Waals surface area contributed by atoms with E-state index in [1.807, 2.05) is 12.1 Å². The zero-order chi connectivity index (χ0) is 16.4. The van der Waals surface area contributed by atoms with Gasteiger partial charge in [0.15, 0.2) is 0 Å². The van der Waals surface area contributed by atoms with Crippen LogP contribution >= 0.6 is 0 Å². The van der Waals surface area contributed by atoms with Crippen molar-refractivity contribution >= 4 is 0 Å². The predicted octanol–water partition coefficient (Wildman–Crippen LogP) is 2.10. The summed E-state index contributed by atoms with van der Waals surface area (Å²) in [6, 6.07) is 6.55. The van der Waals surface area contributed by atoms with Crippen molar-refractivity contribution in [2.24, 2.45) is 0 Å². The SMILES string of the molecule is OCc1ccc2c(c1)CN(C1CCOC3(CCOCC3)C1)CCO2. The second kappa shape index (κ2) is 7.00. The maximum Gasteiger partial charge on any atom is 0.123 e. The van der Waals surface area contributed by atoms with E-state index in [2.05, 4.69) is 11.0 Å². The van der Waals surface area contributed by atoms with E-state index >= 15 is 0 Å². The van der Waals surface area contributed by atoms with E-state index in [1.165, 1.54) is 5.56 Å². The monoisotopic (exact) mass is 333 g/mol. The molecule has 0 aromatic heterocycles. The second-order valence-electron chi connectivity index (χ2n) is 7.21. The highest BCUT2D eigenvalue weighted by molar-refractivity contribution is 5.37. The number of nitrogens with zero attached hydrogens (tertiary/aromatic N) is 1. The maximum absolute atomic E-state index is 9.41. The zero-order valence-corrected chi connectivity index (χ0v) is 14.2. The lowest BCUT2D eigenvalue weighted by atomic mass is 9.83. The summed E-state index contributed by atoms with van der Waals surface area (Å²) in [5.41, 5.74) is 2.16. The molecule has 3 heterocycles. The molecule has 3 aliphatic heterocycles. The number of fused-ring (bicyclic) bond motifs is 1. The average molecular weight is 333 g/mol. The van der Waals surface area contributed by atoms with Crippen LogP contribution in [0.5, 0.6) is 5.75 Å². The minimum Gasteiger partial charge on any atom is -0.492 e. The Labute approximate surface area is 143 Å². The van der Waals surface area contributed by atoms with Crippen LogP contribution in [-0.2, 0) is 22.6 Å². The van der Waals surface area contributed by atoms with Crippen LogP contribution in [0.1, 0.15) is 36.8 Å². The Morgan fingerprint density at radius 1 is 1.17 bits per heavy atom. The molecule has 5 heteroatoms. The molecule has 4 rings (SSSR count). The van der Waals surface area contributed by atoms with E-state index < -0.39 is 0 Å². The van der Waals surface area contributed by atoms with Gasteiger partial charge in [-0.3, -0.25) is 4.90 Å². The number of hydrogen-bond acceptors (Lipinski definition) is 5. The van der Waals surface area contributed by atoms with Crippen molar-refractivity contribution in [2.45, 2.75) is 50.5 Å². The molecule has 2 fully saturated rings. The number of benzene rings is 1. The highest BCUT2D eigenvalue weighted by Crippen LogP contribution is 2.37. The molecule has 0 saturated carbocycles. The van der Waals surface area contributed by atoms with Gasteiger partial charge in [0.1, 0.15) is 12.4 Å². The lowest BCUT2D eigenvalue weighted by Gasteiger charge is -2.46. The largest absolute Gasteiger partial charge is 0.492 e. The topological polar surface area (TPSA) is 51.2 Å². The Morgan fingerprint density at radius 3 is 2.88 bits per heavy atom. The molecule has 2 saturated heterocycles. The Bertz CT molecular complexity index is 565. The first-order valence-corrected chi connectivity index (χ1v) is 9.09. The molecule has 1 spiro atoms. The molecule has 1 aromatic rings. The summed E-state index contributed by atoms with van der Waals surface area (Å²) in [6.07, 6.45) is 4.20. The van der Waals surface area contributed by atoms with Crippen molar-refractivity contribution in [3.63, 3.8) is 0 Å². The van der Waals surface area contributed by atoms with Crippen molar-refractivity contribution in [3.8, 4) is 5.75 Å². The van der Waals surface area contributed by atoms with E-state index in [0.29, 0.717) is 6.04 Å². The summed E-state index contributed by atoms with van der Waals surface area (Å²) in [6.45, 7) is 5.11. The van der Waals surface area contributed by atoms with Crippen molar-refractivity contribution < 1.29 is 19.3 Å². The molecule has 1 unspecified atom stereocenters. The Kier molecular flexibility index (Phi) is 4.77. The molecule has 0 radical (unpaired) electrons. The lowest BCUT2D eigenvalue weighted by Crippen LogP contribution is -2.51. The molecule has 1 N–H and O–H groups in total. The van der Waals surface area contributed by atoms with E-state index in [-0.39, 0.29) is 12.2 Å². The molecular formula is C19H27NO4. The highest BCUT2D eigenvalue weighted by Gasteiger charge is 2.41. The minimum atomic E-state index is 0.0180. The fourth-order valence-corrected chi connectivity index (χ4v) is 4.28. The standard InChI is InChI=1S/C19H27NO4/c21-14-15-1-2-18-16(11-15)13-20(6-10-23-18)17-3-7-24-19(12-17)4-8-22-9-5-19/h1-2,11,17,21H,3-10,12-14H2. The molecule has 132 valence electrons. The Balaban J connectivity index is 1.50. The van der Waals surface area contributed by atoms with Gasteiger partial charge in [-0.2, -0.15) is 0 Å². The first kappa shape index (κ1) is 16.3. The summed E-state index contributed by atoms with van der Waals surface area (Å²) < 4.78 is 17.7. The molecule has 5 nitrogen and oxygen atoms in total. The van der Waals surface area contributed by atoms with Crippen LogP contribution in [0.3, 0.4) is 0 Å². The van der Waals surface area contributed by atoms with Gasteiger partial charge in [-0.1, -0.05) is 6.07 Å². The summed E-state index contributed by atoms with van der Waals surface area (Å²) in [5, 5.41) is 9.41. The third kappa shape index (κ3) is 3.31. The summed E-state index contributed by atoms with van der Waals surface area (Å²) in [4.78, 5) is 2.55. The van der Waals surface area contributed by atoms with E-state index in [9.17, 15) is 5.11 Å². The van der Waals surface area contributed by atoms with Crippen LogP contribution < -0.4 is 4.74 Å². The van der Waals surface area contributed by atoms with Crippen molar-refractivity contribution in [1.82, 2.24) is 4.90 Å². The normalized spacial score (nSPS) is 27.3. The van der Waals surface area contributed by atoms with Crippen molar-refractivity contribution in [2.75, 3.05) is 33.0 Å². The van der Waals surface area contributed by atoms with E-state index in [4.69, 9.17) is 14.2 Å². The minimum absolute atomic E-state index is 0.0180. The molecule has 0 bridgehead atoms. The van der Waals surface area contributed by atoms with Crippen LogP contribution in [0, 0.1) is 0 Å². The fraction of sp³-hybridized carbons (Fsp3) is 0.684. The smallest absolute Gasteiger partial charge is 0.123 e. The Morgan fingerprint density at radius 2 is 2.04 bits per heavy atom. The van der Waals surface area contributed by atoms with Crippen LogP contribution in [0.15, 0.2) is 18.2 Å². The van der Waals surface area contributed by atoms with Crippen LogP contribution in [0.2, 0.25) is 0 Å². The van der Waals surface area contributed by atoms with Gasteiger partial charge in [-0.15, -0.1) is 0 Å². The van der Waals surface area contributed by atoms with Gasteiger partial charge < -0.3 is 19.3 Å². The molecule has 1 aromatic carbocycles. The number of aliphatic hydroxyl groups excluding tert-OH is 1. The number of aliphatic hydroxyl groups is 1. The summed E-state index contributed by atoms with van der Waals surface area (Å²) in [5.74, 6) is 0.961.